The molecule has 4 N–H and O–H groups in total. The number of carbonyl (C=O) groups is 1. The third kappa shape index (κ3) is 3.95. The van der Waals surface area contributed by atoms with Gasteiger partial charge in [0.25, 0.3) is 5.91 Å². The summed E-state index contributed by atoms with van der Waals surface area (Å²) in [5.74, 6) is 0.0130. The lowest BCUT2D eigenvalue weighted by Gasteiger charge is -2.19. The molecule has 0 aliphatic carbocycles. The first-order valence-corrected chi connectivity index (χ1v) is 7.49. The minimum atomic E-state index is -0.235. The number of nitrogens with two attached hydrogens (primary N) is 1. The molecular weight excluding hydrogens is 284 g/mol. The number of amides is 1. The van der Waals surface area contributed by atoms with Crippen LogP contribution in [-0.4, -0.2) is 16.4 Å². The van der Waals surface area contributed by atoms with E-state index in [4.69, 9.17) is 5.73 Å². The van der Waals surface area contributed by atoms with Crippen molar-refractivity contribution in [3.63, 3.8) is 0 Å². The Morgan fingerprint density at radius 2 is 1.95 bits per heavy atom. The van der Waals surface area contributed by atoms with Crippen molar-refractivity contribution in [2.24, 2.45) is 0 Å². The molecule has 1 amide bonds. The van der Waals surface area contributed by atoms with Crippen molar-refractivity contribution in [3.8, 4) is 0 Å². The van der Waals surface area contributed by atoms with Gasteiger partial charge >= 0.3 is 0 Å². The second-order valence-electron chi connectivity index (χ2n) is 5.88. The number of nitrogens with zero attached hydrogens (tertiary/aromatic N) is 1. The number of aromatic nitrogens is 1. The maximum atomic E-state index is 12.3. The number of thiazole rings is 1. The molecule has 0 fully saturated rings. The van der Waals surface area contributed by atoms with Gasteiger partial charge in [0.15, 0.2) is 5.13 Å². The lowest BCUT2D eigenvalue weighted by molar-refractivity contribution is 0.103. The molecule has 21 heavy (non-hydrogen) atoms. The van der Waals surface area contributed by atoms with Gasteiger partial charge in [-0.25, -0.2) is 4.98 Å². The van der Waals surface area contributed by atoms with E-state index in [2.05, 4.69) is 15.6 Å². The van der Waals surface area contributed by atoms with Gasteiger partial charge in [-0.2, -0.15) is 0 Å². The molecule has 1 aromatic heterocycles. The molecular formula is C15H20N4OS. The fourth-order valence-electron chi connectivity index (χ4n) is 1.76. The van der Waals surface area contributed by atoms with E-state index in [0.717, 1.165) is 11.3 Å². The molecule has 5 nitrogen and oxygen atoms in total. The predicted molar refractivity (Wildman–Crippen MR) is 89.0 cm³/mol. The van der Waals surface area contributed by atoms with Crippen LogP contribution in [0.5, 0.6) is 0 Å². The molecule has 0 atom stereocenters. The van der Waals surface area contributed by atoms with Crippen LogP contribution in [-0.2, 0) is 0 Å². The normalized spacial score (nSPS) is 11.2. The second-order valence-corrected chi connectivity index (χ2v) is 6.88. The van der Waals surface area contributed by atoms with Crippen LogP contribution < -0.4 is 16.4 Å². The number of rotatable bonds is 3. The number of carbonyl (C=O) groups excluding carboxylic acids is 1. The fourth-order valence-corrected chi connectivity index (χ4v) is 2.75. The van der Waals surface area contributed by atoms with Gasteiger partial charge in [0, 0.05) is 11.2 Å². The zero-order chi connectivity index (χ0) is 15.6. The summed E-state index contributed by atoms with van der Waals surface area (Å²) in [5, 5.41) is 6.74. The lowest BCUT2D eigenvalue weighted by Crippen LogP contribution is -2.25. The highest BCUT2D eigenvalue weighted by molar-refractivity contribution is 7.18. The Morgan fingerprint density at radius 1 is 1.29 bits per heavy atom. The van der Waals surface area contributed by atoms with E-state index in [-0.39, 0.29) is 17.3 Å². The maximum absolute atomic E-state index is 12.3. The minimum absolute atomic E-state index is 0.131. The largest absolute Gasteiger partial charge is 0.382 e. The van der Waals surface area contributed by atoms with Gasteiger partial charge < -0.3 is 16.4 Å². The summed E-state index contributed by atoms with van der Waals surface area (Å²) >= 11 is 1.26. The van der Waals surface area contributed by atoms with Gasteiger partial charge in [-0.15, -0.1) is 0 Å². The third-order valence-corrected chi connectivity index (χ3v) is 3.72. The van der Waals surface area contributed by atoms with Gasteiger partial charge in [-0.05, 0) is 39.3 Å². The molecule has 112 valence electrons. The van der Waals surface area contributed by atoms with E-state index >= 15 is 0 Å². The highest BCUT2D eigenvalue weighted by Crippen LogP contribution is 2.28. The van der Waals surface area contributed by atoms with Gasteiger partial charge in [0.1, 0.15) is 10.7 Å². The fraction of sp³-hybridized carbons (Fsp3) is 0.333. The first-order chi connectivity index (χ1) is 9.76. The van der Waals surface area contributed by atoms with Crippen LogP contribution in [0.1, 0.15) is 36.0 Å². The summed E-state index contributed by atoms with van der Waals surface area (Å²) in [4.78, 5) is 16.9. The van der Waals surface area contributed by atoms with E-state index in [1.807, 2.05) is 52.0 Å². The first kappa shape index (κ1) is 15.3. The first-order valence-electron chi connectivity index (χ1n) is 6.68. The minimum Gasteiger partial charge on any atom is -0.382 e. The molecule has 0 saturated carbocycles. The Balaban J connectivity index is 2.18. The molecule has 0 saturated heterocycles. The number of benzene rings is 1. The van der Waals surface area contributed by atoms with Crippen LogP contribution in [0.4, 0.5) is 16.6 Å². The Bertz CT molecular complexity index is 658. The van der Waals surface area contributed by atoms with E-state index in [1.54, 1.807) is 0 Å². The highest BCUT2D eigenvalue weighted by Gasteiger charge is 2.19. The Labute approximate surface area is 128 Å². The molecule has 2 aromatic rings. The summed E-state index contributed by atoms with van der Waals surface area (Å²) in [6.45, 7) is 8.02. The number of anilines is 3. The zero-order valence-corrected chi connectivity index (χ0v) is 13.5. The van der Waals surface area contributed by atoms with E-state index in [1.165, 1.54) is 11.3 Å². The van der Waals surface area contributed by atoms with Gasteiger partial charge in [-0.3, -0.25) is 4.79 Å². The van der Waals surface area contributed by atoms with Crippen molar-refractivity contribution >= 4 is 33.9 Å². The van der Waals surface area contributed by atoms with Crippen LogP contribution >= 0.6 is 11.3 Å². The monoisotopic (exact) mass is 304 g/mol. The van der Waals surface area contributed by atoms with Crippen LogP contribution in [0.3, 0.4) is 0 Å². The summed E-state index contributed by atoms with van der Waals surface area (Å²) in [6.07, 6.45) is 0. The highest BCUT2D eigenvalue weighted by atomic mass is 32.1. The molecule has 6 heteroatoms. The second kappa shape index (κ2) is 5.73. The van der Waals surface area contributed by atoms with E-state index < -0.39 is 0 Å². The van der Waals surface area contributed by atoms with Crippen molar-refractivity contribution in [3.05, 3.63) is 34.7 Å². The van der Waals surface area contributed by atoms with Gasteiger partial charge in [-0.1, -0.05) is 29.5 Å². The van der Waals surface area contributed by atoms with Crippen LogP contribution in [0, 0.1) is 6.92 Å². The average Bonchev–Trinajstić information content (AvgIpc) is 2.70. The Hall–Kier alpha value is -2.08. The molecule has 0 aliphatic heterocycles. The standard InChI is InChI=1S/C15H20N4OS/c1-9-7-5-6-8-10(9)17-13(20)11-12(16)18-14(21-11)19-15(2,3)4/h5-8H,16H2,1-4H3,(H,17,20)(H,18,19). The number of hydrogen-bond donors (Lipinski definition) is 3. The quantitative estimate of drug-likeness (QED) is 0.811. The SMILES string of the molecule is Cc1ccccc1NC(=O)c1sc(NC(C)(C)C)nc1N. The van der Waals surface area contributed by atoms with Crippen molar-refractivity contribution < 1.29 is 4.79 Å². The Kier molecular flexibility index (Phi) is 4.18. The summed E-state index contributed by atoms with van der Waals surface area (Å²) in [6, 6.07) is 7.61. The smallest absolute Gasteiger partial charge is 0.269 e. The molecule has 1 heterocycles. The molecule has 1 aromatic carbocycles. The summed E-state index contributed by atoms with van der Waals surface area (Å²) < 4.78 is 0. The van der Waals surface area contributed by atoms with Crippen molar-refractivity contribution in [1.29, 1.82) is 0 Å². The van der Waals surface area contributed by atoms with Crippen LogP contribution in [0.25, 0.3) is 0 Å². The molecule has 0 spiro atoms. The van der Waals surface area contributed by atoms with Gasteiger partial charge in [0.2, 0.25) is 0 Å². The van der Waals surface area contributed by atoms with Gasteiger partial charge in [0.05, 0.1) is 0 Å². The number of para-hydroxylation sites is 1. The predicted octanol–water partition coefficient (Wildman–Crippen LogP) is 3.50. The van der Waals surface area contributed by atoms with Crippen molar-refractivity contribution in [1.82, 2.24) is 4.98 Å². The van der Waals surface area contributed by atoms with Crippen LogP contribution in [0.2, 0.25) is 0 Å². The topological polar surface area (TPSA) is 80.0 Å². The van der Waals surface area contributed by atoms with Crippen molar-refractivity contribution in [2.75, 3.05) is 16.4 Å². The zero-order valence-electron chi connectivity index (χ0n) is 12.7. The molecule has 0 radical (unpaired) electrons. The molecule has 0 bridgehead atoms. The average molecular weight is 304 g/mol. The Morgan fingerprint density at radius 3 is 2.57 bits per heavy atom. The summed E-state index contributed by atoms with van der Waals surface area (Å²) in [5.41, 5.74) is 7.50. The maximum Gasteiger partial charge on any atom is 0.269 e. The third-order valence-electron chi connectivity index (χ3n) is 2.73. The number of nitrogens with one attached hydrogen (secondary N) is 2. The van der Waals surface area contributed by atoms with E-state index in [9.17, 15) is 4.79 Å². The molecule has 2 rings (SSSR count). The molecule has 0 aliphatic rings. The van der Waals surface area contributed by atoms with Crippen molar-refractivity contribution in [2.45, 2.75) is 33.2 Å². The van der Waals surface area contributed by atoms with Crippen LogP contribution in [0.15, 0.2) is 24.3 Å². The van der Waals surface area contributed by atoms with E-state index in [0.29, 0.717) is 10.0 Å². The number of nitrogen functional groups attached to an aromatic ring is 1. The molecule has 0 unspecified atom stereocenters. The lowest BCUT2D eigenvalue weighted by atomic mass is 10.1. The number of hydrogen-bond acceptors (Lipinski definition) is 5. The summed E-state index contributed by atoms with van der Waals surface area (Å²) in [7, 11) is 0. The number of aryl methyl sites for hydroxylation is 1.